The lowest BCUT2D eigenvalue weighted by atomic mass is 10.1. The summed E-state index contributed by atoms with van der Waals surface area (Å²) in [5, 5.41) is 12.9. The normalized spacial score (nSPS) is 10.5. The van der Waals surface area contributed by atoms with Crippen LogP contribution >= 0.6 is 15.9 Å². The minimum Gasteiger partial charge on any atom is -0.472 e. The van der Waals surface area contributed by atoms with Gasteiger partial charge in [0.2, 0.25) is 5.88 Å². The monoisotopic (exact) mass is 386 g/mol. The smallest absolute Gasteiger partial charge is 0.404 e. The molecule has 24 heavy (non-hydrogen) atoms. The van der Waals surface area contributed by atoms with E-state index in [2.05, 4.69) is 26.2 Å². The summed E-state index contributed by atoms with van der Waals surface area (Å²) in [5.74, 6) is 0.486. The van der Waals surface area contributed by atoms with Gasteiger partial charge in [0, 0.05) is 9.86 Å². The average Bonchev–Trinajstić information content (AvgIpc) is 2.59. The topological polar surface area (TPSA) is 71.5 Å². The van der Waals surface area contributed by atoms with E-state index in [0.717, 1.165) is 20.8 Å². The summed E-state index contributed by atoms with van der Waals surface area (Å²) in [5.41, 5.74) is 1.65. The Kier molecular flexibility index (Phi) is 4.96. The van der Waals surface area contributed by atoms with Crippen molar-refractivity contribution < 1.29 is 14.6 Å². The highest BCUT2D eigenvalue weighted by Crippen LogP contribution is 2.28. The van der Waals surface area contributed by atoms with E-state index in [1.807, 2.05) is 54.6 Å². The third kappa shape index (κ3) is 4.02. The van der Waals surface area contributed by atoms with E-state index >= 15 is 0 Å². The van der Waals surface area contributed by atoms with E-state index in [0.29, 0.717) is 18.2 Å². The standard InChI is InChI=1S/C18H15BrN2O3/c19-14-7-6-13-8-15(10-20-18(22)23)21-17(16(13)9-14)24-11-12-4-2-1-3-5-12/h1-9,20H,10-11H2,(H,22,23). The third-order valence-corrected chi connectivity index (χ3v) is 3.95. The van der Waals surface area contributed by atoms with E-state index in [-0.39, 0.29) is 6.54 Å². The molecule has 0 saturated heterocycles. The highest BCUT2D eigenvalue weighted by Gasteiger charge is 2.09. The first-order valence-electron chi connectivity index (χ1n) is 7.34. The number of ether oxygens (including phenoxy) is 1. The molecule has 0 radical (unpaired) electrons. The summed E-state index contributed by atoms with van der Waals surface area (Å²) in [7, 11) is 0. The zero-order valence-electron chi connectivity index (χ0n) is 12.7. The van der Waals surface area contributed by atoms with Crippen molar-refractivity contribution >= 4 is 32.8 Å². The van der Waals surface area contributed by atoms with Crippen molar-refractivity contribution in [2.24, 2.45) is 0 Å². The van der Waals surface area contributed by atoms with Crippen LogP contribution in [0.3, 0.4) is 0 Å². The van der Waals surface area contributed by atoms with Crippen molar-refractivity contribution in [1.29, 1.82) is 0 Å². The van der Waals surface area contributed by atoms with Gasteiger partial charge in [0.15, 0.2) is 0 Å². The van der Waals surface area contributed by atoms with Crippen molar-refractivity contribution in [3.8, 4) is 5.88 Å². The van der Waals surface area contributed by atoms with Crippen LogP contribution in [0.25, 0.3) is 10.8 Å². The highest BCUT2D eigenvalue weighted by atomic mass is 79.9. The Morgan fingerprint density at radius 2 is 1.96 bits per heavy atom. The number of nitrogens with one attached hydrogen (secondary N) is 1. The number of rotatable bonds is 5. The molecule has 0 spiro atoms. The van der Waals surface area contributed by atoms with Crippen LogP contribution in [0.5, 0.6) is 5.88 Å². The number of aromatic nitrogens is 1. The van der Waals surface area contributed by atoms with Gasteiger partial charge in [-0.1, -0.05) is 52.3 Å². The van der Waals surface area contributed by atoms with Crippen molar-refractivity contribution in [2.45, 2.75) is 13.2 Å². The average molecular weight is 387 g/mol. The van der Waals surface area contributed by atoms with Crippen LogP contribution in [0.15, 0.2) is 59.1 Å². The first kappa shape index (κ1) is 16.3. The lowest BCUT2D eigenvalue weighted by Gasteiger charge is -2.11. The van der Waals surface area contributed by atoms with Crippen LogP contribution in [-0.4, -0.2) is 16.2 Å². The van der Waals surface area contributed by atoms with Crippen LogP contribution in [0.4, 0.5) is 4.79 Å². The second-order valence-corrected chi connectivity index (χ2v) is 6.13. The van der Waals surface area contributed by atoms with Gasteiger partial charge in [-0.2, -0.15) is 0 Å². The molecule has 0 aliphatic rings. The Bertz CT molecular complexity index is 869. The van der Waals surface area contributed by atoms with E-state index < -0.39 is 6.09 Å². The number of carbonyl (C=O) groups is 1. The lowest BCUT2D eigenvalue weighted by Crippen LogP contribution is -2.20. The first-order valence-corrected chi connectivity index (χ1v) is 8.14. The quantitative estimate of drug-likeness (QED) is 0.683. The van der Waals surface area contributed by atoms with Crippen molar-refractivity contribution in [3.63, 3.8) is 0 Å². The maximum atomic E-state index is 10.7. The third-order valence-electron chi connectivity index (χ3n) is 3.45. The molecule has 0 bridgehead atoms. The summed E-state index contributed by atoms with van der Waals surface area (Å²) in [4.78, 5) is 15.2. The fraction of sp³-hybridized carbons (Fsp3) is 0.111. The summed E-state index contributed by atoms with van der Waals surface area (Å²) < 4.78 is 6.83. The molecule has 1 amide bonds. The Balaban J connectivity index is 1.92. The minimum absolute atomic E-state index is 0.128. The zero-order valence-corrected chi connectivity index (χ0v) is 14.3. The molecule has 2 aromatic carbocycles. The van der Waals surface area contributed by atoms with Crippen LogP contribution in [-0.2, 0) is 13.2 Å². The summed E-state index contributed by atoms with van der Waals surface area (Å²) in [6, 6.07) is 17.5. The fourth-order valence-corrected chi connectivity index (χ4v) is 2.70. The van der Waals surface area contributed by atoms with Crippen molar-refractivity contribution in [1.82, 2.24) is 10.3 Å². The van der Waals surface area contributed by atoms with Crippen LogP contribution in [0.2, 0.25) is 0 Å². The molecule has 6 heteroatoms. The fourth-order valence-electron chi connectivity index (χ4n) is 2.33. The predicted molar refractivity (Wildman–Crippen MR) is 95.1 cm³/mol. The molecule has 0 aliphatic heterocycles. The second-order valence-electron chi connectivity index (χ2n) is 5.22. The number of hydrogen-bond acceptors (Lipinski definition) is 3. The number of amides is 1. The van der Waals surface area contributed by atoms with Crippen LogP contribution in [0.1, 0.15) is 11.3 Å². The molecule has 3 rings (SSSR count). The first-order chi connectivity index (χ1) is 11.6. The molecule has 5 nitrogen and oxygen atoms in total. The molecule has 1 aromatic heterocycles. The predicted octanol–water partition coefficient (Wildman–Crippen LogP) is 4.34. The van der Waals surface area contributed by atoms with E-state index in [4.69, 9.17) is 9.84 Å². The van der Waals surface area contributed by atoms with Gasteiger partial charge in [-0.25, -0.2) is 9.78 Å². The number of nitrogens with zero attached hydrogens (tertiary/aromatic N) is 1. The molecule has 2 N–H and O–H groups in total. The van der Waals surface area contributed by atoms with Gasteiger partial charge in [0.05, 0.1) is 12.2 Å². The van der Waals surface area contributed by atoms with Crippen LogP contribution < -0.4 is 10.1 Å². The molecule has 3 aromatic rings. The molecule has 0 aliphatic carbocycles. The van der Waals surface area contributed by atoms with Gasteiger partial charge in [0.25, 0.3) is 0 Å². The van der Waals surface area contributed by atoms with Gasteiger partial charge < -0.3 is 15.2 Å². The molecule has 0 unspecified atom stereocenters. The second kappa shape index (κ2) is 7.31. The number of pyridine rings is 1. The van der Waals surface area contributed by atoms with Gasteiger partial charge in [-0.05, 0) is 29.1 Å². The highest BCUT2D eigenvalue weighted by molar-refractivity contribution is 9.10. The largest absolute Gasteiger partial charge is 0.472 e. The number of benzene rings is 2. The molecular weight excluding hydrogens is 372 g/mol. The molecule has 0 fully saturated rings. The molecule has 0 saturated carbocycles. The van der Waals surface area contributed by atoms with Crippen molar-refractivity contribution in [2.75, 3.05) is 0 Å². The van der Waals surface area contributed by atoms with E-state index in [9.17, 15) is 4.79 Å². The molecular formula is C18H15BrN2O3. The maximum absolute atomic E-state index is 10.7. The van der Waals surface area contributed by atoms with Crippen LogP contribution in [0, 0.1) is 0 Å². The Morgan fingerprint density at radius 3 is 2.71 bits per heavy atom. The van der Waals surface area contributed by atoms with Gasteiger partial charge in [-0.3, -0.25) is 0 Å². The summed E-state index contributed by atoms with van der Waals surface area (Å²) in [6.07, 6.45) is -1.08. The van der Waals surface area contributed by atoms with E-state index in [1.165, 1.54) is 0 Å². The number of carboxylic acid groups (broad SMARTS) is 1. The Labute approximate surface area is 147 Å². The Hall–Kier alpha value is -2.60. The van der Waals surface area contributed by atoms with Crippen molar-refractivity contribution in [3.05, 3.63) is 70.3 Å². The molecule has 0 atom stereocenters. The summed E-state index contributed by atoms with van der Waals surface area (Å²) in [6.45, 7) is 0.522. The lowest BCUT2D eigenvalue weighted by molar-refractivity contribution is 0.193. The Morgan fingerprint density at radius 1 is 1.17 bits per heavy atom. The zero-order chi connectivity index (χ0) is 16.9. The number of fused-ring (bicyclic) bond motifs is 1. The number of halogens is 1. The minimum atomic E-state index is -1.08. The van der Waals surface area contributed by atoms with Gasteiger partial charge in [0.1, 0.15) is 6.61 Å². The molecule has 122 valence electrons. The van der Waals surface area contributed by atoms with Gasteiger partial charge in [-0.15, -0.1) is 0 Å². The van der Waals surface area contributed by atoms with E-state index in [1.54, 1.807) is 0 Å². The number of hydrogen-bond donors (Lipinski definition) is 2. The molecule has 1 heterocycles. The summed E-state index contributed by atoms with van der Waals surface area (Å²) >= 11 is 3.46. The van der Waals surface area contributed by atoms with Gasteiger partial charge >= 0.3 is 6.09 Å². The maximum Gasteiger partial charge on any atom is 0.404 e. The SMILES string of the molecule is O=C(O)NCc1cc2ccc(Br)cc2c(OCc2ccccc2)n1.